The molecule has 0 saturated carbocycles. The number of nitrogens with zero attached hydrogens (tertiary/aromatic N) is 1. The van der Waals surface area contributed by atoms with Crippen LogP contribution < -0.4 is 0 Å². The van der Waals surface area contributed by atoms with E-state index in [0.717, 1.165) is 16.9 Å². The Balaban J connectivity index is 2.49. The quantitative estimate of drug-likeness (QED) is 0.694. The number of rotatable bonds is 2. The molecule has 0 aliphatic heterocycles. The highest BCUT2D eigenvalue weighted by Crippen LogP contribution is 2.23. The van der Waals surface area contributed by atoms with E-state index < -0.39 is 0 Å². The maximum Gasteiger partial charge on any atom is 0.0950 e. The molecule has 0 unspecified atom stereocenters. The molecule has 0 aliphatic carbocycles. The first kappa shape index (κ1) is 8.97. The van der Waals surface area contributed by atoms with Crippen molar-refractivity contribution >= 4 is 33.2 Å². The normalized spacial score (nSPS) is 10.9. The summed E-state index contributed by atoms with van der Waals surface area (Å²) in [6, 6.07) is 6.36. The molecule has 1 nitrogen and oxygen atoms in total. The molecule has 0 radical (unpaired) electrons. The summed E-state index contributed by atoms with van der Waals surface area (Å²) in [5, 5.41) is 1.13. The van der Waals surface area contributed by atoms with Gasteiger partial charge >= 0.3 is 0 Å². The number of halogens is 1. The highest BCUT2D eigenvalue weighted by molar-refractivity contribution is 7.18. The first-order valence-corrected chi connectivity index (χ1v) is 5.57. The zero-order chi connectivity index (χ0) is 9.26. The number of aryl methyl sites for hydroxylation is 2. The van der Waals surface area contributed by atoms with Gasteiger partial charge < -0.3 is 0 Å². The molecule has 0 aliphatic rings. The minimum atomic E-state index is 0.652. The molecule has 3 heteroatoms. The SMILES string of the molecule is Cc1ccc2sc(CCCl)nc2c1. The maximum absolute atomic E-state index is 5.66. The predicted octanol–water partition coefficient (Wildman–Crippen LogP) is 3.39. The van der Waals surface area contributed by atoms with Gasteiger partial charge in [0.2, 0.25) is 0 Å². The van der Waals surface area contributed by atoms with Crippen LogP contribution in [0, 0.1) is 6.92 Å². The van der Waals surface area contributed by atoms with Crippen molar-refractivity contribution in [2.24, 2.45) is 0 Å². The molecule has 13 heavy (non-hydrogen) atoms. The van der Waals surface area contributed by atoms with Gasteiger partial charge in [-0.3, -0.25) is 0 Å². The Morgan fingerprint density at radius 3 is 3.08 bits per heavy atom. The van der Waals surface area contributed by atoms with Crippen molar-refractivity contribution in [3.8, 4) is 0 Å². The second-order valence-electron chi connectivity index (χ2n) is 3.02. The number of alkyl halides is 1. The molecule has 68 valence electrons. The Kier molecular flexibility index (Phi) is 2.51. The van der Waals surface area contributed by atoms with E-state index in [1.165, 1.54) is 10.3 Å². The van der Waals surface area contributed by atoms with Crippen LogP contribution in [0.5, 0.6) is 0 Å². The lowest BCUT2D eigenvalue weighted by Gasteiger charge is -1.88. The molecule has 0 amide bonds. The lowest BCUT2D eigenvalue weighted by molar-refractivity contribution is 1.12. The van der Waals surface area contributed by atoms with E-state index >= 15 is 0 Å². The first-order chi connectivity index (χ1) is 6.29. The Hall–Kier alpha value is -0.600. The van der Waals surface area contributed by atoms with E-state index in [1.54, 1.807) is 11.3 Å². The van der Waals surface area contributed by atoms with Crippen LogP contribution in [0.25, 0.3) is 10.2 Å². The minimum Gasteiger partial charge on any atom is -0.241 e. The Morgan fingerprint density at radius 2 is 2.31 bits per heavy atom. The largest absolute Gasteiger partial charge is 0.241 e. The van der Waals surface area contributed by atoms with Crippen molar-refractivity contribution in [3.63, 3.8) is 0 Å². The van der Waals surface area contributed by atoms with Crippen LogP contribution in [0.15, 0.2) is 18.2 Å². The second kappa shape index (κ2) is 3.64. The Bertz CT molecular complexity index is 422. The number of fused-ring (bicyclic) bond motifs is 1. The fraction of sp³-hybridized carbons (Fsp3) is 0.300. The summed E-state index contributed by atoms with van der Waals surface area (Å²) in [6.07, 6.45) is 0.875. The summed E-state index contributed by atoms with van der Waals surface area (Å²) in [5.41, 5.74) is 2.36. The first-order valence-electron chi connectivity index (χ1n) is 4.21. The third kappa shape index (κ3) is 1.84. The highest BCUT2D eigenvalue weighted by Gasteiger charge is 2.02. The van der Waals surface area contributed by atoms with E-state index in [-0.39, 0.29) is 0 Å². The molecule has 0 saturated heterocycles. The lowest BCUT2D eigenvalue weighted by Crippen LogP contribution is -1.82. The van der Waals surface area contributed by atoms with Gasteiger partial charge in [-0.25, -0.2) is 4.98 Å². The van der Waals surface area contributed by atoms with Crippen molar-refractivity contribution in [1.82, 2.24) is 4.98 Å². The molecule has 0 spiro atoms. The number of benzene rings is 1. The fourth-order valence-corrected chi connectivity index (χ4v) is 2.51. The van der Waals surface area contributed by atoms with Crippen molar-refractivity contribution in [2.75, 3.05) is 5.88 Å². The van der Waals surface area contributed by atoms with Crippen LogP contribution in [0.3, 0.4) is 0 Å². The molecule has 1 aromatic heterocycles. The third-order valence-electron chi connectivity index (χ3n) is 1.90. The van der Waals surface area contributed by atoms with Crippen LogP contribution in [-0.2, 0) is 6.42 Å². The molecule has 0 fully saturated rings. The van der Waals surface area contributed by atoms with Crippen LogP contribution >= 0.6 is 22.9 Å². The predicted molar refractivity (Wildman–Crippen MR) is 58.8 cm³/mol. The highest BCUT2D eigenvalue weighted by atomic mass is 35.5. The van der Waals surface area contributed by atoms with Gasteiger partial charge in [0.15, 0.2) is 0 Å². The number of thiazole rings is 1. The summed E-state index contributed by atoms with van der Waals surface area (Å²) in [5.74, 6) is 0.652. The second-order valence-corrected chi connectivity index (χ2v) is 4.51. The van der Waals surface area contributed by atoms with Crippen molar-refractivity contribution in [1.29, 1.82) is 0 Å². The van der Waals surface area contributed by atoms with Gasteiger partial charge in [0, 0.05) is 12.3 Å². The molecule has 2 aromatic rings. The minimum absolute atomic E-state index is 0.652. The average molecular weight is 212 g/mol. The van der Waals surface area contributed by atoms with Crippen LogP contribution in [0.1, 0.15) is 10.6 Å². The standard InChI is InChI=1S/C10H10ClNS/c1-7-2-3-9-8(6-7)12-10(13-9)4-5-11/h2-3,6H,4-5H2,1H3. The molecule has 0 N–H and O–H groups in total. The summed E-state index contributed by atoms with van der Waals surface area (Å²) >= 11 is 7.40. The third-order valence-corrected chi connectivity index (χ3v) is 3.18. The Morgan fingerprint density at radius 1 is 1.46 bits per heavy atom. The van der Waals surface area contributed by atoms with E-state index in [2.05, 4.69) is 30.1 Å². The van der Waals surface area contributed by atoms with E-state index in [0.29, 0.717) is 5.88 Å². The molecule has 1 aromatic carbocycles. The monoisotopic (exact) mass is 211 g/mol. The Labute approximate surface area is 86.4 Å². The van der Waals surface area contributed by atoms with E-state index in [9.17, 15) is 0 Å². The molecular weight excluding hydrogens is 202 g/mol. The van der Waals surface area contributed by atoms with Gasteiger partial charge in [0.05, 0.1) is 15.2 Å². The molecule has 1 heterocycles. The van der Waals surface area contributed by atoms with Crippen LogP contribution in [-0.4, -0.2) is 10.9 Å². The summed E-state index contributed by atoms with van der Waals surface area (Å²) < 4.78 is 1.26. The van der Waals surface area contributed by atoms with Gasteiger partial charge in [-0.1, -0.05) is 6.07 Å². The zero-order valence-corrected chi connectivity index (χ0v) is 8.95. The van der Waals surface area contributed by atoms with Gasteiger partial charge in [-0.2, -0.15) is 0 Å². The van der Waals surface area contributed by atoms with Crippen LogP contribution in [0.4, 0.5) is 0 Å². The number of aromatic nitrogens is 1. The molecule has 0 atom stereocenters. The maximum atomic E-state index is 5.66. The molecule has 0 bridgehead atoms. The zero-order valence-electron chi connectivity index (χ0n) is 7.38. The molecule has 2 rings (SSSR count). The van der Waals surface area contributed by atoms with Gasteiger partial charge in [-0.15, -0.1) is 22.9 Å². The lowest BCUT2D eigenvalue weighted by atomic mass is 10.2. The topological polar surface area (TPSA) is 12.9 Å². The van der Waals surface area contributed by atoms with Gasteiger partial charge in [0.25, 0.3) is 0 Å². The summed E-state index contributed by atoms with van der Waals surface area (Å²) in [6.45, 7) is 2.08. The van der Waals surface area contributed by atoms with Gasteiger partial charge in [0.1, 0.15) is 0 Å². The van der Waals surface area contributed by atoms with Crippen LogP contribution in [0.2, 0.25) is 0 Å². The van der Waals surface area contributed by atoms with Gasteiger partial charge in [-0.05, 0) is 24.6 Å². The smallest absolute Gasteiger partial charge is 0.0950 e. The van der Waals surface area contributed by atoms with E-state index in [4.69, 9.17) is 11.6 Å². The summed E-state index contributed by atoms with van der Waals surface area (Å²) in [7, 11) is 0. The van der Waals surface area contributed by atoms with Crippen molar-refractivity contribution < 1.29 is 0 Å². The average Bonchev–Trinajstić information content (AvgIpc) is 2.46. The number of hydrogen-bond donors (Lipinski definition) is 0. The fourth-order valence-electron chi connectivity index (χ4n) is 1.27. The van der Waals surface area contributed by atoms with Crippen molar-refractivity contribution in [2.45, 2.75) is 13.3 Å². The van der Waals surface area contributed by atoms with Crippen molar-refractivity contribution in [3.05, 3.63) is 28.8 Å². The molecular formula is C10H10ClNS. The summed E-state index contributed by atoms with van der Waals surface area (Å²) in [4.78, 5) is 4.50. The number of hydrogen-bond acceptors (Lipinski definition) is 2. The van der Waals surface area contributed by atoms with E-state index in [1.807, 2.05) is 0 Å².